The van der Waals surface area contributed by atoms with Crippen LogP contribution in [0.3, 0.4) is 0 Å². The number of hydrogen-bond donors (Lipinski definition) is 2. The Morgan fingerprint density at radius 3 is 2.09 bits per heavy atom. The highest BCUT2D eigenvalue weighted by Gasteiger charge is 2.34. The lowest BCUT2D eigenvalue weighted by atomic mass is 10.0. The molecule has 0 spiro atoms. The summed E-state index contributed by atoms with van der Waals surface area (Å²) < 4.78 is 5.28. The second-order valence-corrected chi connectivity index (χ2v) is 8.92. The molecule has 0 saturated carbocycles. The van der Waals surface area contributed by atoms with Gasteiger partial charge in [0.05, 0.1) is 0 Å². The molecule has 2 atom stereocenters. The van der Waals surface area contributed by atoms with E-state index in [1.807, 2.05) is 67.6 Å². The molecule has 2 aromatic carbocycles. The number of nitrogens with zero attached hydrogens (tertiary/aromatic N) is 1. The quantitative estimate of drug-likeness (QED) is 0.596. The van der Waals surface area contributed by atoms with Gasteiger partial charge in [-0.2, -0.15) is 0 Å². The first-order valence-corrected chi connectivity index (χ1v) is 11.3. The number of rotatable bonds is 9. The van der Waals surface area contributed by atoms with Crippen LogP contribution >= 0.6 is 0 Å². The maximum Gasteiger partial charge on any atom is 0.408 e. The molecule has 7 heteroatoms. The minimum absolute atomic E-state index is 0.281. The average molecular weight is 454 g/mol. The van der Waals surface area contributed by atoms with Crippen molar-refractivity contribution < 1.29 is 19.1 Å². The zero-order valence-corrected chi connectivity index (χ0v) is 20.1. The van der Waals surface area contributed by atoms with E-state index in [2.05, 4.69) is 10.6 Å². The Balaban J connectivity index is 2.25. The summed E-state index contributed by atoms with van der Waals surface area (Å²) in [5.74, 6) is -0.636. The van der Waals surface area contributed by atoms with E-state index in [4.69, 9.17) is 4.74 Å². The molecule has 0 aliphatic heterocycles. The van der Waals surface area contributed by atoms with E-state index in [1.54, 1.807) is 27.7 Å². The van der Waals surface area contributed by atoms with Crippen LogP contribution in [0.25, 0.3) is 0 Å². The number of alkyl carbamates (subject to hydrolysis) is 1. The molecule has 0 aliphatic carbocycles. The Bertz CT molecular complexity index is 910. The van der Waals surface area contributed by atoms with Crippen LogP contribution in [0.2, 0.25) is 0 Å². The maximum atomic E-state index is 13.4. The van der Waals surface area contributed by atoms with Gasteiger partial charge in [0.25, 0.3) is 0 Å². The highest BCUT2D eigenvalue weighted by molar-refractivity contribution is 5.91. The lowest BCUT2D eigenvalue weighted by Crippen LogP contribution is -2.52. The third-order valence-electron chi connectivity index (χ3n) is 4.84. The summed E-state index contributed by atoms with van der Waals surface area (Å²) in [5, 5.41) is 5.55. The fourth-order valence-corrected chi connectivity index (χ4v) is 3.39. The maximum absolute atomic E-state index is 13.4. The molecule has 2 unspecified atom stereocenters. The van der Waals surface area contributed by atoms with Crippen LogP contribution in [0.1, 0.15) is 58.2 Å². The van der Waals surface area contributed by atoms with Crippen molar-refractivity contribution in [1.29, 1.82) is 0 Å². The van der Waals surface area contributed by atoms with E-state index in [0.717, 1.165) is 5.56 Å². The molecule has 2 N–H and O–H groups in total. The molecule has 3 amide bonds. The molecule has 0 fully saturated rings. The van der Waals surface area contributed by atoms with Gasteiger partial charge in [0.15, 0.2) is 0 Å². The number of amides is 3. The van der Waals surface area contributed by atoms with Crippen LogP contribution in [0.15, 0.2) is 60.7 Å². The number of carbonyl (C=O) groups excluding carboxylic acids is 3. The first-order valence-electron chi connectivity index (χ1n) is 11.3. The third kappa shape index (κ3) is 8.25. The lowest BCUT2D eigenvalue weighted by Gasteiger charge is -2.33. The van der Waals surface area contributed by atoms with Crippen LogP contribution in [-0.4, -0.2) is 41.0 Å². The third-order valence-corrected chi connectivity index (χ3v) is 4.84. The summed E-state index contributed by atoms with van der Waals surface area (Å²) in [4.78, 5) is 40.5. The first kappa shape index (κ1) is 25.9. The van der Waals surface area contributed by atoms with Crippen molar-refractivity contribution in [2.45, 2.75) is 65.3 Å². The van der Waals surface area contributed by atoms with Gasteiger partial charge in [0, 0.05) is 13.1 Å². The number of benzene rings is 2. The van der Waals surface area contributed by atoms with Crippen molar-refractivity contribution in [2.75, 3.05) is 6.54 Å². The van der Waals surface area contributed by atoms with E-state index in [9.17, 15) is 14.4 Å². The van der Waals surface area contributed by atoms with Crippen LogP contribution in [0.4, 0.5) is 4.79 Å². The van der Waals surface area contributed by atoms with E-state index >= 15 is 0 Å². The predicted molar refractivity (Wildman–Crippen MR) is 128 cm³/mol. The molecule has 0 saturated heterocycles. The summed E-state index contributed by atoms with van der Waals surface area (Å²) in [6, 6.07) is 17.1. The Hall–Kier alpha value is -3.35. The highest BCUT2D eigenvalue weighted by Crippen LogP contribution is 2.23. The second kappa shape index (κ2) is 12.0. The van der Waals surface area contributed by atoms with Gasteiger partial charge in [-0.15, -0.1) is 0 Å². The molecule has 33 heavy (non-hydrogen) atoms. The van der Waals surface area contributed by atoms with Crippen molar-refractivity contribution in [3.05, 3.63) is 71.8 Å². The fourth-order valence-electron chi connectivity index (χ4n) is 3.39. The number of hydrogen-bond acceptors (Lipinski definition) is 4. The van der Waals surface area contributed by atoms with Crippen molar-refractivity contribution in [3.63, 3.8) is 0 Å². The van der Waals surface area contributed by atoms with E-state index in [0.29, 0.717) is 25.1 Å². The number of ether oxygens (including phenoxy) is 1. The van der Waals surface area contributed by atoms with Gasteiger partial charge in [0.1, 0.15) is 17.7 Å². The first-order chi connectivity index (χ1) is 15.6. The molecule has 2 rings (SSSR count). The van der Waals surface area contributed by atoms with Gasteiger partial charge in [-0.3, -0.25) is 9.59 Å². The smallest absolute Gasteiger partial charge is 0.408 e. The molecule has 0 aromatic heterocycles. The Morgan fingerprint density at radius 1 is 0.970 bits per heavy atom. The lowest BCUT2D eigenvalue weighted by molar-refractivity contribution is -0.142. The Morgan fingerprint density at radius 2 is 1.55 bits per heavy atom. The summed E-state index contributed by atoms with van der Waals surface area (Å²) in [5.41, 5.74) is 0.986. The molecule has 0 radical (unpaired) electrons. The van der Waals surface area contributed by atoms with Gasteiger partial charge in [-0.25, -0.2) is 4.79 Å². The normalized spacial score (nSPS) is 12.9. The molecule has 2 aromatic rings. The van der Waals surface area contributed by atoms with E-state index < -0.39 is 23.8 Å². The van der Waals surface area contributed by atoms with Gasteiger partial charge < -0.3 is 20.3 Å². The van der Waals surface area contributed by atoms with Crippen LogP contribution in [-0.2, 0) is 20.9 Å². The molecular weight excluding hydrogens is 418 g/mol. The molecule has 7 nitrogen and oxygen atoms in total. The van der Waals surface area contributed by atoms with Crippen molar-refractivity contribution in [1.82, 2.24) is 15.5 Å². The summed E-state index contributed by atoms with van der Waals surface area (Å²) in [7, 11) is 0. The number of carbonyl (C=O) groups is 3. The van der Waals surface area contributed by atoms with E-state index in [1.165, 1.54) is 4.90 Å². The van der Waals surface area contributed by atoms with Gasteiger partial charge in [0.2, 0.25) is 11.8 Å². The summed E-state index contributed by atoms with van der Waals surface area (Å²) in [6.07, 6.45) is -0.0233. The van der Waals surface area contributed by atoms with Gasteiger partial charge in [-0.05, 0) is 45.2 Å². The van der Waals surface area contributed by atoms with Crippen molar-refractivity contribution >= 4 is 17.9 Å². The number of nitrogens with one attached hydrogen (secondary N) is 2. The standard InChI is InChI=1S/C26H35N3O4/c1-6-17-29(24(31)19(2)28-25(32)33-26(3,4)5)22(21-15-11-8-12-16-21)23(30)27-18-20-13-9-7-10-14-20/h7-16,19,22H,6,17-18H2,1-5H3,(H,27,30)(H,28,32). The topological polar surface area (TPSA) is 87.7 Å². The average Bonchev–Trinajstić information content (AvgIpc) is 2.77. The molecule has 0 heterocycles. The zero-order chi connectivity index (χ0) is 24.4. The zero-order valence-electron chi connectivity index (χ0n) is 20.1. The van der Waals surface area contributed by atoms with Crippen molar-refractivity contribution in [3.8, 4) is 0 Å². The Labute approximate surface area is 196 Å². The fraction of sp³-hybridized carbons (Fsp3) is 0.423. The van der Waals surface area contributed by atoms with Crippen LogP contribution in [0, 0.1) is 0 Å². The van der Waals surface area contributed by atoms with Crippen molar-refractivity contribution in [2.24, 2.45) is 0 Å². The van der Waals surface area contributed by atoms with Gasteiger partial charge >= 0.3 is 6.09 Å². The van der Waals surface area contributed by atoms with E-state index in [-0.39, 0.29) is 11.8 Å². The molecule has 0 bridgehead atoms. The molecule has 0 aliphatic rings. The van der Waals surface area contributed by atoms with Gasteiger partial charge in [-0.1, -0.05) is 67.6 Å². The minimum atomic E-state index is -0.862. The summed E-state index contributed by atoms with van der Waals surface area (Å²) >= 11 is 0. The Kier molecular flexibility index (Phi) is 9.45. The molecular formula is C26H35N3O4. The predicted octanol–water partition coefficient (Wildman–Crippen LogP) is 4.20. The highest BCUT2D eigenvalue weighted by atomic mass is 16.6. The monoisotopic (exact) mass is 453 g/mol. The minimum Gasteiger partial charge on any atom is -0.444 e. The SMILES string of the molecule is CCCN(C(=O)C(C)NC(=O)OC(C)(C)C)C(C(=O)NCc1ccccc1)c1ccccc1. The van der Waals surface area contributed by atoms with Crippen LogP contribution < -0.4 is 10.6 Å². The molecule has 178 valence electrons. The second-order valence-electron chi connectivity index (χ2n) is 8.92. The van der Waals surface area contributed by atoms with Crippen LogP contribution in [0.5, 0.6) is 0 Å². The largest absolute Gasteiger partial charge is 0.444 e. The summed E-state index contributed by atoms with van der Waals surface area (Å²) in [6.45, 7) is 9.51.